The van der Waals surface area contributed by atoms with Gasteiger partial charge in [0.05, 0.1) is 38.1 Å². The minimum absolute atomic E-state index is 0.104. The number of aliphatic carboxylic acids is 1. The maximum atomic E-state index is 14.5. The van der Waals surface area contributed by atoms with Crippen LogP contribution in [0.2, 0.25) is 10.0 Å². The molecule has 2 aromatic heterocycles. The molecule has 2 aliphatic heterocycles. The number of imidazole rings is 1. The molecular weight excluding hydrogens is 796 g/mol. The van der Waals surface area contributed by atoms with Crippen LogP contribution in [0.3, 0.4) is 0 Å². The molecule has 2 aromatic carbocycles. The van der Waals surface area contributed by atoms with Crippen molar-refractivity contribution in [2.45, 2.75) is 90.1 Å². The Labute approximate surface area is 353 Å². The van der Waals surface area contributed by atoms with Crippen molar-refractivity contribution in [3.8, 4) is 11.1 Å². The second kappa shape index (κ2) is 15.9. The van der Waals surface area contributed by atoms with Crippen LogP contribution in [0.25, 0.3) is 11.1 Å². The van der Waals surface area contributed by atoms with Crippen LogP contribution in [0.1, 0.15) is 96.0 Å². The van der Waals surface area contributed by atoms with Crippen molar-refractivity contribution in [1.82, 2.24) is 24.3 Å². The van der Waals surface area contributed by atoms with E-state index in [1.807, 2.05) is 16.5 Å². The van der Waals surface area contributed by atoms with E-state index in [9.17, 15) is 29.0 Å². The third-order valence-corrected chi connectivity index (χ3v) is 14.1. The number of nitrogens with one attached hydrogen (secondary N) is 2. The number of anilines is 2. The lowest BCUT2D eigenvalue weighted by molar-refractivity contribution is -0.148. The van der Waals surface area contributed by atoms with Crippen molar-refractivity contribution >= 4 is 52.4 Å². The molecule has 312 valence electrons. The van der Waals surface area contributed by atoms with Gasteiger partial charge in [-0.15, -0.1) is 0 Å². The minimum Gasteiger partial charge on any atom is -0.481 e. The Balaban J connectivity index is 0.914. The summed E-state index contributed by atoms with van der Waals surface area (Å²) in [4.78, 5) is 52.6. The lowest BCUT2D eigenvalue weighted by atomic mass is 9.80. The summed E-state index contributed by atoms with van der Waals surface area (Å²) in [5.74, 6) is -1.19. The van der Waals surface area contributed by atoms with E-state index in [0.717, 1.165) is 80.6 Å². The van der Waals surface area contributed by atoms with Crippen LogP contribution in [-0.4, -0.2) is 90.3 Å². The van der Waals surface area contributed by atoms with Crippen LogP contribution in [-0.2, 0) is 37.8 Å². The third-order valence-electron chi connectivity index (χ3n) is 13.3. The van der Waals surface area contributed by atoms with Gasteiger partial charge in [0.15, 0.2) is 5.82 Å². The van der Waals surface area contributed by atoms with Crippen molar-refractivity contribution in [2.75, 3.05) is 36.8 Å². The first-order chi connectivity index (χ1) is 28.0. The lowest BCUT2D eigenvalue weighted by Crippen LogP contribution is -2.44. The summed E-state index contributed by atoms with van der Waals surface area (Å²) < 4.78 is 16.4. The molecule has 8 rings (SSSR count). The van der Waals surface area contributed by atoms with Gasteiger partial charge in [-0.3, -0.25) is 29.2 Å². The van der Waals surface area contributed by atoms with Gasteiger partial charge in [0.2, 0.25) is 0 Å². The number of pyridine rings is 1. The highest BCUT2D eigenvalue weighted by Crippen LogP contribution is 2.63. The second-order valence-electron chi connectivity index (χ2n) is 17.6. The molecule has 0 spiro atoms. The molecule has 4 N–H and O–H groups in total. The zero-order chi connectivity index (χ0) is 41.9. The Hall–Kier alpha value is -4.40. The molecule has 2 aliphatic carbocycles. The molecule has 2 saturated carbocycles. The predicted molar refractivity (Wildman–Crippen MR) is 225 cm³/mol. The molecule has 4 aliphatic rings. The van der Waals surface area contributed by atoms with Crippen molar-refractivity contribution in [2.24, 2.45) is 17.9 Å². The first-order valence-electron chi connectivity index (χ1n) is 20.3. The Kier molecular flexibility index (Phi) is 11.1. The Bertz CT molecular complexity index is 2320. The highest BCUT2D eigenvalue weighted by molar-refractivity contribution is 6.40. The number of aromatic nitrogens is 3. The molecule has 1 unspecified atom stereocenters. The van der Waals surface area contributed by atoms with Crippen molar-refractivity contribution < 1.29 is 29.0 Å². The zero-order valence-electron chi connectivity index (χ0n) is 33.6. The monoisotopic (exact) mass is 845 g/mol. The van der Waals surface area contributed by atoms with E-state index in [-0.39, 0.29) is 33.5 Å². The Morgan fingerprint density at radius 3 is 2.19 bits per heavy atom. The number of alkyl halides is 1. The van der Waals surface area contributed by atoms with Crippen LogP contribution in [0.5, 0.6) is 0 Å². The predicted octanol–water partition coefficient (Wildman–Crippen LogP) is 7.54. The average Bonchev–Trinajstić information content (AvgIpc) is 3.89. The van der Waals surface area contributed by atoms with Crippen LogP contribution in [0.15, 0.2) is 48.7 Å². The van der Waals surface area contributed by atoms with E-state index in [2.05, 4.69) is 20.5 Å². The van der Waals surface area contributed by atoms with E-state index in [1.54, 1.807) is 48.7 Å². The van der Waals surface area contributed by atoms with Crippen molar-refractivity contribution in [3.05, 3.63) is 92.7 Å². The number of nitrogens with zero attached hydrogens (tertiary/aromatic N) is 5. The van der Waals surface area contributed by atoms with Crippen molar-refractivity contribution in [1.29, 1.82) is 0 Å². The highest BCUT2D eigenvalue weighted by atomic mass is 35.5. The number of hydrogen-bond donors (Lipinski definition) is 4. The van der Waals surface area contributed by atoms with Gasteiger partial charge in [-0.25, -0.2) is 9.37 Å². The standard InChI is InChI=1S/C44H50Cl2FN7O5/c1-42(2,59)35(47)24-54-17-10-26-20-32(48-21-27(26)22-54)39(55)50-30-8-4-6-28(36(30)45)29-7-5-9-31(37(29)46)51-40(56)38-49-33-23-53(18-11-34(33)52(38)3)19-16-43-12-14-44(25-43,15-13-43)41(57)58/h4-9,20-21,35,59H,10-19,22-25H2,1-3H3,(H,50,55)(H,51,56)(H,57,58). The summed E-state index contributed by atoms with van der Waals surface area (Å²) in [5, 5.41) is 26.2. The van der Waals surface area contributed by atoms with Gasteiger partial charge in [-0.1, -0.05) is 47.5 Å². The van der Waals surface area contributed by atoms with Crippen LogP contribution in [0.4, 0.5) is 15.8 Å². The largest absolute Gasteiger partial charge is 0.481 e. The summed E-state index contributed by atoms with van der Waals surface area (Å²) in [6.07, 6.45) is 6.91. The number of carboxylic acid groups (broad SMARTS) is 1. The molecule has 2 fully saturated rings. The number of carbonyl (C=O) groups excluding carboxylic acids is 2. The molecular formula is C44H50Cl2FN7O5. The number of benzene rings is 2. The smallest absolute Gasteiger partial charge is 0.309 e. The molecule has 2 amide bonds. The van der Waals surface area contributed by atoms with Crippen LogP contribution < -0.4 is 10.6 Å². The van der Waals surface area contributed by atoms with E-state index in [0.29, 0.717) is 48.6 Å². The number of carbonyl (C=O) groups is 3. The van der Waals surface area contributed by atoms with E-state index in [1.165, 1.54) is 13.8 Å². The summed E-state index contributed by atoms with van der Waals surface area (Å²) >= 11 is 13.9. The average molecular weight is 847 g/mol. The Morgan fingerprint density at radius 2 is 1.56 bits per heavy atom. The van der Waals surface area contributed by atoms with Crippen LogP contribution in [0, 0.1) is 10.8 Å². The number of amides is 2. The number of fused-ring (bicyclic) bond motifs is 4. The summed E-state index contributed by atoms with van der Waals surface area (Å²) in [7, 11) is 1.85. The SMILES string of the molecule is Cn1c(C(=O)Nc2cccc(-c3cccc(NC(=O)c4cc5c(cn4)CN(CC(F)C(C)(C)O)CC5)c3Cl)c2Cl)nc2c1CCN(CCC13CCC(C(=O)O)(CC1)C3)C2. The van der Waals surface area contributed by atoms with Gasteiger partial charge in [0, 0.05) is 69.2 Å². The van der Waals surface area contributed by atoms with Gasteiger partial charge < -0.3 is 25.4 Å². The Morgan fingerprint density at radius 1 is 0.915 bits per heavy atom. The molecule has 0 radical (unpaired) electrons. The number of halogens is 3. The second-order valence-corrected chi connectivity index (χ2v) is 18.4. The molecule has 4 aromatic rings. The zero-order valence-corrected chi connectivity index (χ0v) is 35.1. The molecule has 59 heavy (non-hydrogen) atoms. The molecule has 12 nitrogen and oxygen atoms in total. The molecule has 4 heterocycles. The van der Waals surface area contributed by atoms with Crippen molar-refractivity contribution in [3.63, 3.8) is 0 Å². The maximum absolute atomic E-state index is 14.5. The van der Waals surface area contributed by atoms with E-state index < -0.39 is 35.0 Å². The van der Waals surface area contributed by atoms with Gasteiger partial charge in [0.1, 0.15) is 11.9 Å². The fourth-order valence-corrected chi connectivity index (χ4v) is 10.1. The molecule has 2 bridgehead atoms. The summed E-state index contributed by atoms with van der Waals surface area (Å²) in [5.41, 5.74) is 3.99. The maximum Gasteiger partial charge on any atom is 0.309 e. The normalized spacial score (nSPS) is 22.2. The van der Waals surface area contributed by atoms with Gasteiger partial charge >= 0.3 is 5.97 Å². The fraction of sp³-hybridized carbons (Fsp3) is 0.477. The lowest BCUT2D eigenvalue weighted by Gasteiger charge is -2.32. The van der Waals surface area contributed by atoms with Crippen LogP contribution >= 0.6 is 23.2 Å². The molecule has 15 heteroatoms. The number of aliphatic hydroxyl groups is 1. The number of rotatable bonds is 12. The summed E-state index contributed by atoms with van der Waals surface area (Å²) in [6.45, 7) is 6.44. The van der Waals surface area contributed by atoms with Gasteiger partial charge in [-0.05, 0) is 100 Å². The van der Waals surface area contributed by atoms with Gasteiger partial charge in [-0.2, -0.15) is 0 Å². The minimum atomic E-state index is -1.43. The molecule has 0 saturated heterocycles. The van der Waals surface area contributed by atoms with E-state index in [4.69, 9.17) is 28.2 Å². The van der Waals surface area contributed by atoms with Gasteiger partial charge in [0.25, 0.3) is 11.8 Å². The topological polar surface area (TPSA) is 153 Å². The first-order valence-corrected chi connectivity index (χ1v) is 21.1. The third kappa shape index (κ3) is 8.12. The van der Waals surface area contributed by atoms with E-state index >= 15 is 0 Å². The first kappa shape index (κ1) is 41.3. The quantitative estimate of drug-likeness (QED) is 0.113. The highest BCUT2D eigenvalue weighted by Gasteiger charge is 2.57. The number of hydrogen-bond acceptors (Lipinski definition) is 8. The summed E-state index contributed by atoms with van der Waals surface area (Å²) in [6, 6.07) is 12.2. The fourth-order valence-electron chi connectivity index (χ4n) is 9.60. The number of carboxylic acids is 1. The molecule has 1 atom stereocenters.